The molecule has 0 saturated heterocycles. The molecule has 0 amide bonds. The van der Waals surface area contributed by atoms with Crippen molar-refractivity contribution in [1.82, 2.24) is 0 Å². The lowest BCUT2D eigenvalue weighted by atomic mass is 10.0. The highest BCUT2D eigenvalue weighted by Crippen LogP contribution is 2.19. The van der Waals surface area contributed by atoms with Gasteiger partial charge in [0.05, 0.1) is 34.4 Å². The third-order valence-electron chi connectivity index (χ3n) is 16.3. The molecule has 0 rings (SSSR count). The van der Waals surface area contributed by atoms with Crippen molar-refractivity contribution < 1.29 is 42.9 Å². The molecule has 0 radical (unpaired) electrons. The van der Waals surface area contributed by atoms with Crippen LogP contribution < -0.4 is 0 Å². The van der Waals surface area contributed by atoms with E-state index in [0.717, 1.165) is 70.6 Å². The predicted molar refractivity (Wildman–Crippen MR) is 364 cm³/mol. The number of hydrogen-bond acceptors (Lipinski definition) is 7. The zero-order valence-corrected chi connectivity index (χ0v) is 56.8. The van der Waals surface area contributed by atoms with Gasteiger partial charge in [-0.3, -0.25) is 9.59 Å². The molecule has 0 bridgehead atoms. The Morgan fingerprint density at radius 3 is 1.00 bits per heavy atom. The first-order valence-electron chi connectivity index (χ1n) is 36.5. The second-order valence-corrected chi connectivity index (χ2v) is 25.9. The van der Waals surface area contributed by atoms with Crippen molar-refractivity contribution in [2.45, 2.75) is 360 Å². The molecule has 85 heavy (non-hydrogen) atoms. The quantitative estimate of drug-likeness (QED) is 0.0211. The Bertz CT molecular complexity index is 1580. The van der Waals surface area contributed by atoms with Gasteiger partial charge in [0.1, 0.15) is 13.2 Å². The molecule has 0 fully saturated rings. The fourth-order valence-corrected chi connectivity index (χ4v) is 10.8. The van der Waals surface area contributed by atoms with Gasteiger partial charge in [0.25, 0.3) is 6.29 Å². The number of likely N-dealkylation sites (N-methyl/N-ethyl adjacent to an activating group) is 1. The molecular formula is C76H140NO8+. The van der Waals surface area contributed by atoms with Gasteiger partial charge in [0.15, 0.2) is 6.10 Å². The van der Waals surface area contributed by atoms with Crippen molar-refractivity contribution in [2.24, 2.45) is 0 Å². The number of carboxylic acids is 1. The van der Waals surface area contributed by atoms with Gasteiger partial charge in [-0.15, -0.1) is 0 Å². The van der Waals surface area contributed by atoms with Crippen LogP contribution in [0, 0.1) is 0 Å². The third-order valence-corrected chi connectivity index (χ3v) is 16.3. The smallest absolute Gasteiger partial charge is 0.361 e. The van der Waals surface area contributed by atoms with E-state index in [1.807, 2.05) is 21.1 Å². The van der Waals surface area contributed by atoms with Gasteiger partial charge < -0.3 is 28.5 Å². The molecule has 0 aliphatic heterocycles. The van der Waals surface area contributed by atoms with E-state index in [1.54, 1.807) is 0 Å². The van der Waals surface area contributed by atoms with Gasteiger partial charge in [0, 0.05) is 12.8 Å². The van der Waals surface area contributed by atoms with Gasteiger partial charge in [-0.05, 0) is 57.8 Å². The standard InChI is InChI=1S/C76H139NO8/c1-6-8-10-12-14-16-18-20-22-24-26-28-30-32-33-34-35-36-37-38-39-40-41-43-45-47-49-51-53-55-57-59-61-63-65-67-74(79)85-72(71-84-76(75(80)81)82-69-68-77(3,4)5)70-83-73(78)66-64-62-60-58-56-54-52-50-48-46-44-42-31-29-27-25-23-21-19-17-15-13-11-9-7-2/h8,10,14,16,20,22,26,28,32-33,72,76H,6-7,9,11-13,15,17-19,21,23-25,27,29-31,34-71H2,1-5H3/p+1/b10-8-,16-14-,22-20-,28-26-,33-32-. The lowest BCUT2D eigenvalue weighted by molar-refractivity contribution is -0.870. The van der Waals surface area contributed by atoms with Crippen molar-refractivity contribution in [1.29, 1.82) is 0 Å². The Morgan fingerprint density at radius 2 is 0.671 bits per heavy atom. The first-order chi connectivity index (χ1) is 41.6. The normalized spacial score (nSPS) is 13.0. The molecule has 2 atom stereocenters. The number of hydrogen-bond donors (Lipinski definition) is 1. The Kier molecular flexibility index (Phi) is 64.6. The Morgan fingerprint density at radius 1 is 0.365 bits per heavy atom. The second-order valence-electron chi connectivity index (χ2n) is 25.9. The molecule has 1 N–H and O–H groups in total. The number of allylic oxidation sites excluding steroid dienone is 10. The van der Waals surface area contributed by atoms with Crippen molar-refractivity contribution in [3.05, 3.63) is 60.8 Å². The van der Waals surface area contributed by atoms with Crippen LogP contribution in [0.25, 0.3) is 0 Å². The number of carbonyl (C=O) groups excluding carboxylic acids is 2. The Balaban J connectivity index is 4.03. The van der Waals surface area contributed by atoms with Gasteiger partial charge >= 0.3 is 17.9 Å². The first-order valence-corrected chi connectivity index (χ1v) is 36.5. The summed E-state index contributed by atoms with van der Waals surface area (Å²) in [5, 5.41) is 9.75. The molecule has 0 saturated carbocycles. The Hall–Kier alpha value is -3.01. The number of nitrogens with zero attached hydrogens (tertiary/aromatic N) is 1. The number of carbonyl (C=O) groups is 3. The maximum Gasteiger partial charge on any atom is 0.361 e. The molecule has 496 valence electrons. The molecule has 9 nitrogen and oxygen atoms in total. The van der Waals surface area contributed by atoms with Crippen LogP contribution in [0.4, 0.5) is 0 Å². The van der Waals surface area contributed by atoms with Gasteiger partial charge in [-0.2, -0.15) is 0 Å². The average Bonchev–Trinajstić information content (AvgIpc) is 3.48. The lowest BCUT2D eigenvalue weighted by Gasteiger charge is -2.25. The number of quaternary nitrogens is 1. The summed E-state index contributed by atoms with van der Waals surface area (Å²) in [6.45, 7) is 4.83. The molecule has 0 aliphatic carbocycles. The summed E-state index contributed by atoms with van der Waals surface area (Å²) in [5.74, 6) is -1.98. The van der Waals surface area contributed by atoms with E-state index in [0.29, 0.717) is 17.4 Å². The molecule has 0 aromatic heterocycles. The molecular weight excluding hydrogens is 1050 g/mol. The van der Waals surface area contributed by atoms with Crippen LogP contribution in [-0.2, 0) is 33.3 Å². The number of esters is 2. The summed E-state index contributed by atoms with van der Waals surface area (Å²) in [4.78, 5) is 37.6. The van der Waals surface area contributed by atoms with Crippen LogP contribution in [0.15, 0.2) is 60.8 Å². The minimum atomic E-state index is -1.51. The van der Waals surface area contributed by atoms with Gasteiger partial charge in [0.2, 0.25) is 0 Å². The SMILES string of the molecule is CC/C=C\C/C=C\C/C=C\C/C=C\C/C=C\CCCCCCCCCCCCCCCCCCCCCC(=O)OC(COC(=O)CCCCCCCCCCCCCCCCCCCCCCCCCCC)COC(OCC[N+](C)(C)C)C(=O)O. The highest BCUT2D eigenvalue weighted by molar-refractivity contribution is 5.71. The van der Waals surface area contributed by atoms with Crippen LogP contribution in [0.2, 0.25) is 0 Å². The molecule has 0 aromatic rings. The molecule has 9 heteroatoms. The van der Waals surface area contributed by atoms with Crippen molar-refractivity contribution >= 4 is 17.9 Å². The van der Waals surface area contributed by atoms with Crippen LogP contribution >= 0.6 is 0 Å². The van der Waals surface area contributed by atoms with Crippen LogP contribution in [0.1, 0.15) is 348 Å². The summed E-state index contributed by atoms with van der Waals surface area (Å²) in [7, 11) is 5.99. The minimum absolute atomic E-state index is 0.177. The summed E-state index contributed by atoms with van der Waals surface area (Å²) in [6.07, 6.45) is 84.9. The largest absolute Gasteiger partial charge is 0.477 e. The third kappa shape index (κ3) is 68.3. The van der Waals surface area contributed by atoms with E-state index in [-0.39, 0.29) is 38.2 Å². The number of aliphatic carboxylic acids is 1. The van der Waals surface area contributed by atoms with Crippen LogP contribution in [0.3, 0.4) is 0 Å². The number of ether oxygens (including phenoxy) is 4. The highest BCUT2D eigenvalue weighted by Gasteiger charge is 2.25. The topological polar surface area (TPSA) is 108 Å². The van der Waals surface area contributed by atoms with Crippen molar-refractivity contribution in [2.75, 3.05) is 47.5 Å². The summed E-state index contributed by atoms with van der Waals surface area (Å²) in [5.41, 5.74) is 0. The zero-order chi connectivity index (χ0) is 61.9. The maximum absolute atomic E-state index is 13.0. The summed E-state index contributed by atoms with van der Waals surface area (Å²) < 4.78 is 23.0. The number of carboxylic acid groups (broad SMARTS) is 1. The lowest BCUT2D eigenvalue weighted by Crippen LogP contribution is -2.40. The highest BCUT2D eigenvalue weighted by atomic mass is 16.7. The fourth-order valence-electron chi connectivity index (χ4n) is 10.8. The van der Waals surface area contributed by atoms with E-state index in [4.69, 9.17) is 18.9 Å². The van der Waals surface area contributed by atoms with Crippen LogP contribution in [-0.4, -0.2) is 87.4 Å². The summed E-state index contributed by atoms with van der Waals surface area (Å²) >= 11 is 0. The van der Waals surface area contributed by atoms with Gasteiger partial charge in [-0.1, -0.05) is 338 Å². The van der Waals surface area contributed by atoms with Gasteiger partial charge in [-0.25, -0.2) is 4.79 Å². The van der Waals surface area contributed by atoms with E-state index in [1.165, 1.54) is 250 Å². The second kappa shape index (κ2) is 66.9. The van der Waals surface area contributed by atoms with E-state index < -0.39 is 18.4 Å². The zero-order valence-electron chi connectivity index (χ0n) is 56.8. The molecule has 0 spiro atoms. The summed E-state index contributed by atoms with van der Waals surface area (Å²) in [6, 6.07) is 0. The van der Waals surface area contributed by atoms with Crippen molar-refractivity contribution in [3.63, 3.8) is 0 Å². The molecule has 0 aromatic carbocycles. The van der Waals surface area contributed by atoms with E-state index in [2.05, 4.69) is 74.6 Å². The van der Waals surface area contributed by atoms with E-state index in [9.17, 15) is 19.5 Å². The number of unbranched alkanes of at least 4 members (excludes halogenated alkanes) is 43. The van der Waals surface area contributed by atoms with Crippen LogP contribution in [0.5, 0.6) is 0 Å². The predicted octanol–water partition coefficient (Wildman–Crippen LogP) is 22.7. The Labute approximate surface area is 526 Å². The van der Waals surface area contributed by atoms with Crippen molar-refractivity contribution in [3.8, 4) is 0 Å². The fraction of sp³-hybridized carbons (Fsp3) is 0.829. The maximum atomic E-state index is 13.0. The monoisotopic (exact) mass is 1200 g/mol. The molecule has 2 unspecified atom stereocenters. The number of rotatable bonds is 68. The average molecular weight is 1200 g/mol. The molecule has 0 aliphatic rings. The molecule has 0 heterocycles. The first kappa shape index (κ1) is 82.0. The van der Waals surface area contributed by atoms with E-state index >= 15 is 0 Å². The minimum Gasteiger partial charge on any atom is -0.477 e.